The molecule has 3 heterocycles. The number of carbonyl (C=O) groups excluding carboxylic acids is 2. The summed E-state index contributed by atoms with van der Waals surface area (Å²) in [5, 5.41) is 1.89. The molecule has 0 aliphatic carbocycles. The van der Waals surface area contributed by atoms with Gasteiger partial charge >= 0.3 is 6.18 Å². The van der Waals surface area contributed by atoms with Crippen molar-refractivity contribution < 1.29 is 31.2 Å². The van der Waals surface area contributed by atoms with E-state index in [2.05, 4.69) is 4.98 Å². The molecule has 0 bridgehead atoms. The minimum Gasteiger partial charge on any atom is -0.319 e. The van der Waals surface area contributed by atoms with Crippen molar-refractivity contribution >= 4 is 55.9 Å². The van der Waals surface area contributed by atoms with Crippen LogP contribution in [0.3, 0.4) is 0 Å². The number of carbonyl (C=O) groups is 2. The lowest BCUT2D eigenvalue weighted by Crippen LogP contribution is -2.66. The van der Waals surface area contributed by atoms with Crippen molar-refractivity contribution in [1.29, 1.82) is 0 Å². The van der Waals surface area contributed by atoms with Gasteiger partial charge in [0.05, 0.1) is 39.2 Å². The van der Waals surface area contributed by atoms with Gasteiger partial charge in [-0.1, -0.05) is 23.2 Å². The first-order chi connectivity index (χ1) is 14.3. The Morgan fingerprint density at radius 1 is 1.29 bits per heavy atom. The van der Waals surface area contributed by atoms with Crippen LogP contribution in [0.5, 0.6) is 0 Å². The van der Waals surface area contributed by atoms with Crippen LogP contribution in [-0.4, -0.2) is 59.0 Å². The number of hydrogen-bond acceptors (Lipinski definition) is 5. The Labute approximate surface area is 184 Å². The van der Waals surface area contributed by atoms with Crippen LogP contribution in [0.25, 0.3) is 11.0 Å². The van der Waals surface area contributed by atoms with Crippen molar-refractivity contribution in [2.75, 3.05) is 18.8 Å². The number of halogens is 5. The summed E-state index contributed by atoms with van der Waals surface area (Å²) in [7, 11) is -3.57. The molecule has 1 N–H and O–H groups in total. The molecule has 1 amide bonds. The number of sulfonamides is 1. The van der Waals surface area contributed by atoms with Crippen molar-refractivity contribution in [3.8, 4) is 0 Å². The highest BCUT2D eigenvalue weighted by Crippen LogP contribution is 2.44. The molecule has 4 rings (SSSR count). The minimum atomic E-state index is -5.20. The normalized spacial score (nSPS) is 22.6. The zero-order chi connectivity index (χ0) is 22.9. The number of amides is 1. The Bertz CT molecular complexity index is 1220. The van der Waals surface area contributed by atoms with E-state index in [1.54, 1.807) is 0 Å². The zero-order valence-corrected chi connectivity index (χ0v) is 18.2. The van der Waals surface area contributed by atoms with Crippen molar-refractivity contribution in [3.05, 3.63) is 28.0 Å². The van der Waals surface area contributed by atoms with Gasteiger partial charge in [0.15, 0.2) is 5.78 Å². The van der Waals surface area contributed by atoms with E-state index in [9.17, 15) is 31.2 Å². The zero-order valence-electron chi connectivity index (χ0n) is 15.8. The summed E-state index contributed by atoms with van der Waals surface area (Å²) in [5.74, 6) is -3.80. The van der Waals surface area contributed by atoms with E-state index in [1.807, 2.05) is 5.32 Å². The number of nitrogens with zero attached hydrogens (tertiary/aromatic N) is 3. The molecule has 1 fully saturated rings. The lowest BCUT2D eigenvalue weighted by molar-refractivity contribution is -0.219. The van der Waals surface area contributed by atoms with Gasteiger partial charge in [0.1, 0.15) is 5.82 Å². The predicted octanol–water partition coefficient (Wildman–Crippen LogP) is 2.08. The largest absolute Gasteiger partial charge is 0.438 e. The van der Waals surface area contributed by atoms with Crippen LogP contribution in [0, 0.1) is 5.92 Å². The second-order valence-corrected chi connectivity index (χ2v) is 10.4. The Kier molecular flexibility index (Phi) is 5.08. The second-order valence-electron chi connectivity index (χ2n) is 7.33. The molecule has 31 heavy (non-hydrogen) atoms. The number of ketones is 1. The van der Waals surface area contributed by atoms with E-state index >= 15 is 0 Å². The van der Waals surface area contributed by atoms with E-state index < -0.39 is 45.9 Å². The Morgan fingerprint density at radius 3 is 2.48 bits per heavy atom. The van der Waals surface area contributed by atoms with Gasteiger partial charge in [0.25, 0.3) is 5.66 Å². The third kappa shape index (κ3) is 3.22. The van der Waals surface area contributed by atoms with Gasteiger partial charge in [0.2, 0.25) is 15.9 Å². The Balaban J connectivity index is 1.75. The second kappa shape index (κ2) is 7.06. The van der Waals surface area contributed by atoms with Crippen molar-refractivity contribution in [2.24, 2.45) is 5.92 Å². The van der Waals surface area contributed by atoms with Gasteiger partial charge in [-0.05, 0) is 19.1 Å². The van der Waals surface area contributed by atoms with Gasteiger partial charge in [-0.25, -0.2) is 17.7 Å². The van der Waals surface area contributed by atoms with Crippen molar-refractivity contribution in [1.82, 2.24) is 19.2 Å². The number of alkyl halides is 3. The smallest absolute Gasteiger partial charge is 0.319 e. The van der Waals surface area contributed by atoms with Crippen LogP contribution < -0.4 is 5.32 Å². The topological polar surface area (TPSA) is 101 Å². The molecule has 1 aromatic heterocycles. The summed E-state index contributed by atoms with van der Waals surface area (Å²) < 4.78 is 68.3. The molecule has 1 saturated heterocycles. The van der Waals surface area contributed by atoms with Crippen LogP contribution in [0.2, 0.25) is 10.0 Å². The average Bonchev–Trinajstić information content (AvgIpc) is 3.07. The maximum Gasteiger partial charge on any atom is 0.438 e. The Hall–Kier alpha value is -1.89. The molecule has 2 aliphatic rings. The van der Waals surface area contributed by atoms with E-state index in [1.165, 1.54) is 13.0 Å². The molecule has 14 heteroatoms. The van der Waals surface area contributed by atoms with Gasteiger partial charge in [-0.2, -0.15) is 13.2 Å². The fourth-order valence-corrected chi connectivity index (χ4v) is 5.28. The summed E-state index contributed by atoms with van der Waals surface area (Å²) in [6.07, 6.45) is -5.87. The number of benzene rings is 1. The first-order valence-corrected chi connectivity index (χ1v) is 11.4. The summed E-state index contributed by atoms with van der Waals surface area (Å²) in [6, 6.07) is 2.43. The SMILES string of the molecule is CCS(=O)(=O)N1CC(C(=O)NC2(C(F)(F)F)C(=O)Cc3nc4cc(Cl)c(Cl)cc4n32)C1. The van der Waals surface area contributed by atoms with Crippen molar-refractivity contribution in [2.45, 2.75) is 25.2 Å². The molecule has 0 spiro atoms. The van der Waals surface area contributed by atoms with Gasteiger partial charge in [-0.15, -0.1) is 0 Å². The molecule has 0 radical (unpaired) electrons. The fourth-order valence-electron chi connectivity index (χ4n) is 3.79. The molecule has 1 aromatic carbocycles. The number of rotatable bonds is 4. The summed E-state index contributed by atoms with van der Waals surface area (Å²) in [4.78, 5) is 29.3. The summed E-state index contributed by atoms with van der Waals surface area (Å²) >= 11 is 11.9. The highest BCUT2D eigenvalue weighted by Gasteiger charge is 2.67. The van der Waals surface area contributed by atoms with E-state index in [0.717, 1.165) is 10.4 Å². The molecule has 168 valence electrons. The molecular formula is C17H15Cl2F3N4O4S. The van der Waals surface area contributed by atoms with E-state index in [-0.39, 0.29) is 45.7 Å². The summed E-state index contributed by atoms with van der Waals surface area (Å²) in [5.41, 5.74) is -3.41. The summed E-state index contributed by atoms with van der Waals surface area (Å²) in [6.45, 7) is 0.897. The number of hydrogen-bond donors (Lipinski definition) is 1. The van der Waals surface area contributed by atoms with Crippen LogP contribution in [-0.2, 0) is 31.7 Å². The molecule has 1 atom stereocenters. The lowest BCUT2D eigenvalue weighted by atomic mass is 9.98. The van der Waals surface area contributed by atoms with E-state index in [0.29, 0.717) is 4.57 Å². The monoisotopic (exact) mass is 498 g/mol. The average molecular weight is 499 g/mol. The molecule has 8 nitrogen and oxygen atoms in total. The van der Waals surface area contributed by atoms with E-state index in [4.69, 9.17) is 23.2 Å². The van der Waals surface area contributed by atoms with Gasteiger partial charge in [-0.3, -0.25) is 14.2 Å². The third-order valence-corrected chi connectivity index (χ3v) is 8.05. The maximum atomic E-state index is 14.3. The highest BCUT2D eigenvalue weighted by atomic mass is 35.5. The first kappa shape index (κ1) is 22.3. The number of aromatic nitrogens is 2. The number of fused-ring (bicyclic) bond motifs is 3. The minimum absolute atomic E-state index is 0.0435. The highest BCUT2D eigenvalue weighted by molar-refractivity contribution is 7.89. The maximum absolute atomic E-state index is 14.3. The predicted molar refractivity (Wildman–Crippen MR) is 105 cm³/mol. The van der Waals surface area contributed by atoms with Crippen molar-refractivity contribution in [3.63, 3.8) is 0 Å². The molecular weight excluding hydrogens is 484 g/mol. The van der Waals surface area contributed by atoms with Crippen LogP contribution >= 0.6 is 23.2 Å². The molecule has 2 aliphatic heterocycles. The number of Topliss-reactive ketones (excluding diaryl/α,β-unsaturated/α-hetero) is 1. The number of nitrogens with one attached hydrogen (secondary N) is 1. The fraction of sp³-hybridized carbons (Fsp3) is 0.471. The quantitative estimate of drug-likeness (QED) is 0.695. The number of imidazole rings is 1. The van der Waals surface area contributed by atoms with Gasteiger partial charge < -0.3 is 5.32 Å². The van der Waals surface area contributed by atoms with Crippen LogP contribution in [0.15, 0.2) is 12.1 Å². The van der Waals surface area contributed by atoms with Crippen LogP contribution in [0.4, 0.5) is 13.2 Å². The molecule has 0 saturated carbocycles. The standard InChI is InChI=1S/C17H15Cl2F3N4O4S/c1-2-31(29,30)25-6-8(7-25)15(28)24-16(17(20,21)22)13(27)5-14-23-11-3-9(18)10(19)4-12(11)26(14)16/h3-4,8H,2,5-7H2,1H3,(H,24,28). The first-order valence-electron chi connectivity index (χ1n) is 9.08. The Morgan fingerprint density at radius 2 is 1.90 bits per heavy atom. The van der Waals surface area contributed by atoms with Gasteiger partial charge in [0, 0.05) is 13.1 Å². The third-order valence-electron chi connectivity index (χ3n) is 5.51. The molecule has 2 aromatic rings. The lowest BCUT2D eigenvalue weighted by Gasteiger charge is -2.40. The van der Waals surface area contributed by atoms with Crippen LogP contribution in [0.1, 0.15) is 12.7 Å². The molecule has 1 unspecified atom stereocenters.